The average molecular weight is 264 g/mol. The van der Waals surface area contributed by atoms with Crippen LogP contribution in [0.2, 0.25) is 5.02 Å². The highest BCUT2D eigenvalue weighted by Crippen LogP contribution is 2.24. The molecule has 0 fully saturated rings. The summed E-state index contributed by atoms with van der Waals surface area (Å²) in [5, 5.41) is 0.488. The second-order valence-corrected chi connectivity index (χ2v) is 4.14. The first-order valence-electron chi connectivity index (χ1n) is 5.63. The topological polar surface area (TPSA) is 67.9 Å². The quantitative estimate of drug-likeness (QED) is 0.915. The Balaban J connectivity index is 2.26. The number of hydrogen-bond acceptors (Lipinski definition) is 5. The molecule has 2 N–H and O–H groups in total. The van der Waals surface area contributed by atoms with E-state index in [4.69, 9.17) is 17.3 Å². The van der Waals surface area contributed by atoms with Crippen molar-refractivity contribution in [3.63, 3.8) is 0 Å². The van der Waals surface area contributed by atoms with E-state index in [-0.39, 0.29) is 5.95 Å². The van der Waals surface area contributed by atoms with Crippen LogP contribution in [-0.2, 0) is 6.54 Å². The van der Waals surface area contributed by atoms with E-state index in [1.165, 1.54) is 6.20 Å². The molecule has 5 nitrogen and oxygen atoms in total. The smallest absolute Gasteiger partial charge is 0.222 e. The van der Waals surface area contributed by atoms with Crippen LogP contribution in [-0.4, -0.2) is 21.5 Å². The van der Waals surface area contributed by atoms with Crippen LogP contribution in [0.3, 0.4) is 0 Å². The van der Waals surface area contributed by atoms with Gasteiger partial charge in [-0.3, -0.25) is 4.98 Å². The molecule has 6 heteroatoms. The normalized spacial score (nSPS) is 10.3. The molecule has 0 saturated carbocycles. The predicted molar refractivity (Wildman–Crippen MR) is 72.4 cm³/mol. The van der Waals surface area contributed by atoms with Gasteiger partial charge in [0.1, 0.15) is 5.02 Å². The molecule has 0 aliphatic heterocycles. The summed E-state index contributed by atoms with van der Waals surface area (Å²) in [6.45, 7) is 3.41. The first-order valence-corrected chi connectivity index (χ1v) is 6.01. The van der Waals surface area contributed by atoms with Gasteiger partial charge in [0, 0.05) is 12.7 Å². The van der Waals surface area contributed by atoms with Crippen LogP contribution in [0.1, 0.15) is 12.6 Å². The van der Waals surface area contributed by atoms with Gasteiger partial charge in [-0.15, -0.1) is 0 Å². The first kappa shape index (κ1) is 12.6. The van der Waals surface area contributed by atoms with Crippen molar-refractivity contribution in [2.45, 2.75) is 13.5 Å². The summed E-state index contributed by atoms with van der Waals surface area (Å²) in [5.74, 6) is 0.853. The monoisotopic (exact) mass is 263 g/mol. The third-order valence-electron chi connectivity index (χ3n) is 2.50. The standard InChI is InChI=1S/C12H14ClN5/c1-2-18(8-9-5-3-4-6-15-9)11-10(13)7-16-12(14)17-11/h3-7H,2,8H2,1H3,(H2,14,16,17). The number of nitrogen functional groups attached to an aromatic ring is 1. The molecule has 0 amide bonds. The molecule has 0 saturated heterocycles. The Labute approximate surface area is 111 Å². The van der Waals surface area contributed by atoms with Gasteiger partial charge in [-0.05, 0) is 19.1 Å². The number of aromatic nitrogens is 3. The second-order valence-electron chi connectivity index (χ2n) is 3.73. The van der Waals surface area contributed by atoms with Gasteiger partial charge in [0.25, 0.3) is 0 Å². The zero-order valence-electron chi connectivity index (χ0n) is 10.0. The minimum absolute atomic E-state index is 0.217. The lowest BCUT2D eigenvalue weighted by Crippen LogP contribution is -2.24. The largest absolute Gasteiger partial charge is 0.368 e. The Hall–Kier alpha value is -1.88. The third-order valence-corrected chi connectivity index (χ3v) is 2.77. The van der Waals surface area contributed by atoms with Gasteiger partial charge in [0.15, 0.2) is 5.82 Å². The molecule has 0 radical (unpaired) electrons. The minimum atomic E-state index is 0.217. The minimum Gasteiger partial charge on any atom is -0.368 e. The Kier molecular flexibility index (Phi) is 3.94. The van der Waals surface area contributed by atoms with E-state index in [0.29, 0.717) is 17.4 Å². The van der Waals surface area contributed by atoms with Gasteiger partial charge >= 0.3 is 0 Å². The summed E-state index contributed by atoms with van der Waals surface area (Å²) in [4.78, 5) is 14.3. The molecule has 0 bridgehead atoms. The summed E-state index contributed by atoms with van der Waals surface area (Å²) < 4.78 is 0. The van der Waals surface area contributed by atoms with Gasteiger partial charge in [-0.2, -0.15) is 4.98 Å². The summed E-state index contributed by atoms with van der Waals surface area (Å²) in [7, 11) is 0. The number of pyridine rings is 1. The molecule has 2 heterocycles. The Morgan fingerprint density at radius 2 is 2.17 bits per heavy atom. The van der Waals surface area contributed by atoms with E-state index in [1.54, 1.807) is 6.20 Å². The van der Waals surface area contributed by atoms with Gasteiger partial charge in [-0.1, -0.05) is 17.7 Å². The fourth-order valence-corrected chi connectivity index (χ4v) is 1.83. The number of hydrogen-bond donors (Lipinski definition) is 1. The van der Waals surface area contributed by atoms with Crippen LogP contribution in [0.15, 0.2) is 30.6 Å². The Bertz CT molecular complexity index is 517. The van der Waals surface area contributed by atoms with E-state index in [0.717, 1.165) is 12.2 Å². The summed E-state index contributed by atoms with van der Waals surface area (Å²) in [5.41, 5.74) is 6.54. The number of nitrogens with two attached hydrogens (primary N) is 1. The van der Waals surface area contributed by atoms with Crippen molar-refractivity contribution >= 4 is 23.4 Å². The van der Waals surface area contributed by atoms with E-state index in [2.05, 4.69) is 15.0 Å². The van der Waals surface area contributed by atoms with E-state index < -0.39 is 0 Å². The number of nitrogens with zero attached hydrogens (tertiary/aromatic N) is 4. The molecular formula is C12H14ClN5. The maximum atomic E-state index is 6.09. The lowest BCUT2D eigenvalue weighted by atomic mass is 10.3. The fraction of sp³-hybridized carbons (Fsp3) is 0.250. The Morgan fingerprint density at radius 3 is 2.83 bits per heavy atom. The number of halogens is 1. The summed E-state index contributed by atoms with van der Waals surface area (Å²) in [6.07, 6.45) is 3.28. The molecule has 0 unspecified atom stereocenters. The van der Waals surface area contributed by atoms with Gasteiger partial charge in [-0.25, -0.2) is 4.98 Å². The summed E-state index contributed by atoms with van der Waals surface area (Å²) in [6, 6.07) is 5.79. The molecule has 2 aromatic rings. The molecule has 0 aliphatic rings. The van der Waals surface area contributed by atoms with Gasteiger partial charge in [0.2, 0.25) is 5.95 Å². The van der Waals surface area contributed by atoms with E-state index >= 15 is 0 Å². The Morgan fingerprint density at radius 1 is 1.33 bits per heavy atom. The fourth-order valence-electron chi connectivity index (χ4n) is 1.62. The van der Waals surface area contributed by atoms with Crippen molar-refractivity contribution in [2.24, 2.45) is 0 Å². The molecule has 2 rings (SSSR count). The van der Waals surface area contributed by atoms with Crippen molar-refractivity contribution in [1.29, 1.82) is 0 Å². The van der Waals surface area contributed by atoms with Crippen molar-refractivity contribution in [3.8, 4) is 0 Å². The zero-order valence-corrected chi connectivity index (χ0v) is 10.8. The van der Waals surface area contributed by atoms with Crippen molar-refractivity contribution in [2.75, 3.05) is 17.2 Å². The van der Waals surface area contributed by atoms with Crippen LogP contribution < -0.4 is 10.6 Å². The van der Waals surface area contributed by atoms with Crippen LogP contribution >= 0.6 is 11.6 Å². The number of anilines is 2. The van der Waals surface area contributed by atoms with Crippen molar-refractivity contribution in [3.05, 3.63) is 41.3 Å². The highest BCUT2D eigenvalue weighted by molar-refractivity contribution is 6.32. The highest BCUT2D eigenvalue weighted by atomic mass is 35.5. The van der Waals surface area contributed by atoms with Gasteiger partial charge in [0.05, 0.1) is 18.4 Å². The zero-order chi connectivity index (χ0) is 13.0. The van der Waals surface area contributed by atoms with Crippen LogP contribution in [0.4, 0.5) is 11.8 Å². The first-order chi connectivity index (χ1) is 8.70. The van der Waals surface area contributed by atoms with Gasteiger partial charge < -0.3 is 10.6 Å². The van der Waals surface area contributed by atoms with Crippen LogP contribution in [0, 0.1) is 0 Å². The lowest BCUT2D eigenvalue weighted by molar-refractivity contribution is 0.792. The molecule has 18 heavy (non-hydrogen) atoms. The lowest BCUT2D eigenvalue weighted by Gasteiger charge is -2.22. The molecule has 0 aliphatic carbocycles. The maximum Gasteiger partial charge on any atom is 0.222 e. The molecule has 2 aromatic heterocycles. The second kappa shape index (κ2) is 5.64. The van der Waals surface area contributed by atoms with E-state index in [9.17, 15) is 0 Å². The SMILES string of the molecule is CCN(Cc1ccccn1)c1nc(N)ncc1Cl. The summed E-state index contributed by atoms with van der Waals surface area (Å²) >= 11 is 6.09. The molecule has 0 aromatic carbocycles. The van der Waals surface area contributed by atoms with Crippen LogP contribution in [0.5, 0.6) is 0 Å². The molecular weight excluding hydrogens is 250 g/mol. The number of rotatable bonds is 4. The maximum absolute atomic E-state index is 6.09. The molecule has 0 spiro atoms. The molecule has 94 valence electrons. The predicted octanol–water partition coefficient (Wildman–Crippen LogP) is 2.13. The van der Waals surface area contributed by atoms with Crippen molar-refractivity contribution < 1.29 is 0 Å². The van der Waals surface area contributed by atoms with Crippen molar-refractivity contribution in [1.82, 2.24) is 15.0 Å². The molecule has 0 atom stereocenters. The van der Waals surface area contributed by atoms with Crippen LogP contribution in [0.25, 0.3) is 0 Å². The highest BCUT2D eigenvalue weighted by Gasteiger charge is 2.12. The average Bonchev–Trinajstić information content (AvgIpc) is 2.40. The third kappa shape index (κ3) is 2.87. The van der Waals surface area contributed by atoms with E-state index in [1.807, 2.05) is 30.0 Å².